The number of rotatable bonds is 5. The second-order valence-corrected chi connectivity index (χ2v) is 4.89. The van der Waals surface area contributed by atoms with Gasteiger partial charge in [0.15, 0.2) is 6.61 Å². The summed E-state index contributed by atoms with van der Waals surface area (Å²) in [6.45, 7) is 3.91. The molecule has 0 aliphatic heterocycles. The lowest BCUT2D eigenvalue weighted by atomic mass is 10.1. The summed E-state index contributed by atoms with van der Waals surface area (Å²) in [6, 6.07) is 9.65. The molecule has 0 spiro atoms. The minimum absolute atomic E-state index is 0.0611. The lowest BCUT2D eigenvalue weighted by Gasteiger charge is -2.08. The Kier molecular flexibility index (Phi) is 4.77. The van der Waals surface area contributed by atoms with Crippen molar-refractivity contribution in [1.82, 2.24) is 9.99 Å². The van der Waals surface area contributed by atoms with Crippen LogP contribution in [-0.2, 0) is 11.8 Å². The molecule has 5 nitrogen and oxygen atoms in total. The van der Waals surface area contributed by atoms with Crippen LogP contribution in [0.1, 0.15) is 16.8 Å². The molecule has 0 unspecified atom stereocenters. The van der Waals surface area contributed by atoms with Crippen molar-refractivity contribution in [3.05, 3.63) is 53.3 Å². The first kappa shape index (κ1) is 14.8. The third kappa shape index (κ3) is 4.21. The van der Waals surface area contributed by atoms with Crippen LogP contribution in [0.2, 0.25) is 0 Å². The first-order valence-electron chi connectivity index (χ1n) is 6.69. The van der Waals surface area contributed by atoms with E-state index in [9.17, 15) is 4.79 Å². The highest BCUT2D eigenvalue weighted by Crippen LogP contribution is 2.18. The number of hydrogen-bond donors (Lipinski definition) is 1. The monoisotopic (exact) mass is 285 g/mol. The Hall–Kier alpha value is -2.56. The minimum Gasteiger partial charge on any atom is -0.483 e. The molecule has 0 aliphatic carbocycles. The highest BCUT2D eigenvalue weighted by atomic mass is 16.5. The quantitative estimate of drug-likeness (QED) is 0.676. The molecule has 0 saturated heterocycles. The van der Waals surface area contributed by atoms with Crippen molar-refractivity contribution < 1.29 is 9.53 Å². The Balaban J connectivity index is 1.82. The second kappa shape index (κ2) is 6.74. The van der Waals surface area contributed by atoms with Gasteiger partial charge < -0.3 is 9.30 Å². The Bertz CT molecular complexity index is 659. The van der Waals surface area contributed by atoms with Crippen molar-refractivity contribution in [2.45, 2.75) is 13.8 Å². The van der Waals surface area contributed by atoms with Gasteiger partial charge in [-0.15, -0.1) is 0 Å². The maximum atomic E-state index is 11.7. The van der Waals surface area contributed by atoms with E-state index >= 15 is 0 Å². The van der Waals surface area contributed by atoms with Crippen LogP contribution in [0.3, 0.4) is 0 Å². The zero-order chi connectivity index (χ0) is 15.2. The topological polar surface area (TPSA) is 55.6 Å². The highest BCUT2D eigenvalue weighted by molar-refractivity contribution is 5.81. The number of aryl methyl sites for hydroxylation is 3. The predicted octanol–water partition coefficient (Wildman–Crippen LogP) is 2.17. The number of nitrogens with one attached hydrogen (secondary N) is 1. The standard InChI is InChI=1S/C16H19N3O2/c1-12-6-7-15(13(2)9-12)21-11-16(20)18-17-10-14-5-4-8-19(14)3/h4-10H,11H2,1-3H3,(H,18,20)/b17-10+. The number of carbonyl (C=O) groups is 1. The summed E-state index contributed by atoms with van der Waals surface area (Å²) in [5.74, 6) is 0.419. The molecule has 2 aromatic rings. The van der Waals surface area contributed by atoms with E-state index in [2.05, 4.69) is 10.5 Å². The average Bonchev–Trinajstić information content (AvgIpc) is 2.83. The number of aromatic nitrogens is 1. The van der Waals surface area contributed by atoms with Gasteiger partial charge in [0.1, 0.15) is 5.75 Å². The average molecular weight is 285 g/mol. The second-order valence-electron chi connectivity index (χ2n) is 4.89. The molecule has 0 fully saturated rings. The molecule has 1 aromatic heterocycles. The number of benzene rings is 1. The largest absolute Gasteiger partial charge is 0.483 e. The fourth-order valence-corrected chi connectivity index (χ4v) is 1.92. The Labute approximate surface area is 124 Å². The summed E-state index contributed by atoms with van der Waals surface area (Å²) in [5, 5.41) is 3.90. The molecular weight excluding hydrogens is 266 g/mol. The summed E-state index contributed by atoms with van der Waals surface area (Å²) < 4.78 is 7.38. The lowest BCUT2D eigenvalue weighted by molar-refractivity contribution is -0.123. The fourth-order valence-electron chi connectivity index (χ4n) is 1.92. The lowest BCUT2D eigenvalue weighted by Crippen LogP contribution is -2.24. The SMILES string of the molecule is Cc1ccc(OCC(=O)N/N=C/c2cccn2C)c(C)c1. The van der Waals surface area contributed by atoms with Crippen LogP contribution < -0.4 is 10.2 Å². The van der Waals surface area contributed by atoms with Gasteiger partial charge in [0.2, 0.25) is 0 Å². The van der Waals surface area contributed by atoms with Crippen molar-refractivity contribution in [1.29, 1.82) is 0 Å². The number of carbonyl (C=O) groups excluding carboxylic acids is 1. The third-order valence-electron chi connectivity index (χ3n) is 3.06. The van der Waals surface area contributed by atoms with Crippen LogP contribution in [0.5, 0.6) is 5.75 Å². The molecule has 1 aromatic carbocycles. The van der Waals surface area contributed by atoms with Gasteiger partial charge >= 0.3 is 0 Å². The minimum atomic E-state index is -0.291. The van der Waals surface area contributed by atoms with Gasteiger partial charge in [-0.1, -0.05) is 17.7 Å². The van der Waals surface area contributed by atoms with Gasteiger partial charge in [-0.3, -0.25) is 4.79 Å². The van der Waals surface area contributed by atoms with Gasteiger partial charge in [-0.05, 0) is 37.6 Å². The molecular formula is C16H19N3O2. The van der Waals surface area contributed by atoms with E-state index in [1.807, 2.05) is 62.0 Å². The van der Waals surface area contributed by atoms with Crippen LogP contribution in [0.4, 0.5) is 0 Å². The normalized spacial score (nSPS) is 10.8. The maximum Gasteiger partial charge on any atom is 0.277 e. The smallest absolute Gasteiger partial charge is 0.277 e. The Morgan fingerprint density at radius 2 is 2.19 bits per heavy atom. The highest BCUT2D eigenvalue weighted by Gasteiger charge is 2.04. The van der Waals surface area contributed by atoms with Gasteiger partial charge in [-0.25, -0.2) is 5.43 Å². The zero-order valence-corrected chi connectivity index (χ0v) is 12.5. The molecule has 5 heteroatoms. The summed E-state index contributed by atoms with van der Waals surface area (Å²) in [4.78, 5) is 11.7. The van der Waals surface area contributed by atoms with Gasteiger partial charge in [-0.2, -0.15) is 5.10 Å². The van der Waals surface area contributed by atoms with Crippen LogP contribution in [0.25, 0.3) is 0 Å². The van der Waals surface area contributed by atoms with E-state index in [4.69, 9.17) is 4.74 Å². The molecule has 0 radical (unpaired) electrons. The van der Waals surface area contributed by atoms with Crippen molar-refractivity contribution in [3.63, 3.8) is 0 Å². The van der Waals surface area contributed by atoms with Crippen LogP contribution in [-0.4, -0.2) is 23.3 Å². The Morgan fingerprint density at radius 3 is 2.86 bits per heavy atom. The van der Waals surface area contributed by atoms with Gasteiger partial charge in [0.05, 0.1) is 11.9 Å². The van der Waals surface area contributed by atoms with Crippen molar-refractivity contribution in [2.24, 2.45) is 12.1 Å². The third-order valence-corrected chi connectivity index (χ3v) is 3.06. The maximum absolute atomic E-state index is 11.7. The first-order valence-corrected chi connectivity index (χ1v) is 6.69. The number of hydrogen-bond acceptors (Lipinski definition) is 3. The molecule has 1 heterocycles. The number of amides is 1. The van der Waals surface area contributed by atoms with Gasteiger partial charge in [0.25, 0.3) is 5.91 Å². The molecule has 2 rings (SSSR count). The van der Waals surface area contributed by atoms with Gasteiger partial charge in [0, 0.05) is 13.2 Å². The number of nitrogens with zero attached hydrogens (tertiary/aromatic N) is 2. The number of hydrazone groups is 1. The van der Waals surface area contributed by atoms with Crippen molar-refractivity contribution in [2.75, 3.05) is 6.61 Å². The van der Waals surface area contributed by atoms with Crippen LogP contribution in [0, 0.1) is 13.8 Å². The van der Waals surface area contributed by atoms with E-state index in [0.717, 1.165) is 16.8 Å². The van der Waals surface area contributed by atoms with E-state index in [1.165, 1.54) is 0 Å². The molecule has 110 valence electrons. The van der Waals surface area contributed by atoms with Crippen LogP contribution >= 0.6 is 0 Å². The molecule has 1 amide bonds. The molecule has 0 bridgehead atoms. The molecule has 0 saturated carbocycles. The van der Waals surface area contributed by atoms with E-state index in [1.54, 1.807) is 6.21 Å². The van der Waals surface area contributed by atoms with Crippen molar-refractivity contribution in [3.8, 4) is 5.75 Å². The van der Waals surface area contributed by atoms with E-state index < -0.39 is 0 Å². The van der Waals surface area contributed by atoms with E-state index in [-0.39, 0.29) is 12.5 Å². The summed E-state index contributed by atoms with van der Waals surface area (Å²) in [5.41, 5.74) is 5.52. The summed E-state index contributed by atoms with van der Waals surface area (Å²) in [7, 11) is 1.91. The summed E-state index contributed by atoms with van der Waals surface area (Å²) >= 11 is 0. The number of ether oxygens (including phenoxy) is 1. The van der Waals surface area contributed by atoms with Crippen molar-refractivity contribution >= 4 is 12.1 Å². The molecule has 0 atom stereocenters. The predicted molar refractivity (Wildman–Crippen MR) is 82.6 cm³/mol. The molecule has 0 aliphatic rings. The zero-order valence-electron chi connectivity index (χ0n) is 12.5. The van der Waals surface area contributed by atoms with Crippen LogP contribution in [0.15, 0.2) is 41.6 Å². The fraction of sp³-hybridized carbons (Fsp3) is 0.250. The Morgan fingerprint density at radius 1 is 1.38 bits per heavy atom. The molecule has 1 N–H and O–H groups in total. The first-order chi connectivity index (χ1) is 10.1. The van der Waals surface area contributed by atoms with E-state index in [0.29, 0.717) is 5.75 Å². The summed E-state index contributed by atoms with van der Waals surface area (Å²) in [6.07, 6.45) is 3.50. The molecule has 21 heavy (non-hydrogen) atoms.